The van der Waals surface area contributed by atoms with Crippen LogP contribution in [0.1, 0.15) is 27.2 Å². The normalized spacial score (nSPS) is 24.6. The second kappa shape index (κ2) is 5.00. The van der Waals surface area contributed by atoms with Gasteiger partial charge < -0.3 is 19.6 Å². The summed E-state index contributed by atoms with van der Waals surface area (Å²) in [7, 11) is 0. The molecule has 0 aromatic carbocycles. The first-order valence-electron chi connectivity index (χ1n) is 6.68. The Kier molecular flexibility index (Phi) is 3.71. The van der Waals surface area contributed by atoms with Crippen LogP contribution in [-0.2, 0) is 9.53 Å². The van der Waals surface area contributed by atoms with Gasteiger partial charge in [-0.05, 0) is 20.8 Å². The number of ether oxygens (including phenoxy) is 1. The lowest BCUT2D eigenvalue weighted by Crippen LogP contribution is -2.62. The Labute approximate surface area is 113 Å². The van der Waals surface area contributed by atoms with Gasteiger partial charge in [0.05, 0.1) is 6.04 Å². The van der Waals surface area contributed by atoms with E-state index in [1.54, 1.807) is 9.80 Å². The molecule has 1 N–H and O–H groups in total. The lowest BCUT2D eigenvalue weighted by molar-refractivity contribution is -0.132. The summed E-state index contributed by atoms with van der Waals surface area (Å²) in [5.74, 6) is 0.121. The summed E-state index contributed by atoms with van der Waals surface area (Å²) >= 11 is 0. The van der Waals surface area contributed by atoms with E-state index in [4.69, 9.17) is 9.84 Å². The van der Waals surface area contributed by atoms with Crippen LogP contribution >= 0.6 is 0 Å². The highest BCUT2D eigenvalue weighted by molar-refractivity contribution is 5.79. The highest BCUT2D eigenvalue weighted by Gasteiger charge is 2.42. The first kappa shape index (κ1) is 14.1. The van der Waals surface area contributed by atoms with Gasteiger partial charge in [-0.1, -0.05) is 0 Å². The lowest BCUT2D eigenvalue weighted by Gasteiger charge is -2.44. The van der Waals surface area contributed by atoms with Crippen molar-refractivity contribution in [3.8, 4) is 0 Å². The zero-order valence-electron chi connectivity index (χ0n) is 11.8. The average molecular weight is 270 g/mol. The minimum Gasteiger partial charge on any atom is -0.444 e. The Morgan fingerprint density at radius 2 is 2.00 bits per heavy atom. The van der Waals surface area contributed by atoms with Gasteiger partial charge in [0, 0.05) is 38.6 Å². The number of carbonyl (C=O) groups is 2. The third-order valence-corrected chi connectivity index (χ3v) is 3.45. The summed E-state index contributed by atoms with van der Waals surface area (Å²) in [4.78, 5) is 26.9. The van der Waals surface area contributed by atoms with E-state index in [0.29, 0.717) is 26.1 Å². The number of aliphatic hydroxyl groups excluding tert-OH is 1. The molecule has 0 saturated carbocycles. The summed E-state index contributed by atoms with van der Waals surface area (Å²) in [6.07, 6.45) is 0.0912. The molecule has 1 atom stereocenters. The van der Waals surface area contributed by atoms with Crippen molar-refractivity contribution in [1.29, 1.82) is 0 Å². The number of hydrogen-bond acceptors (Lipinski definition) is 4. The molecule has 2 heterocycles. The topological polar surface area (TPSA) is 70.1 Å². The Morgan fingerprint density at radius 3 is 2.47 bits per heavy atom. The van der Waals surface area contributed by atoms with Crippen molar-refractivity contribution in [2.75, 3.05) is 26.2 Å². The van der Waals surface area contributed by atoms with Crippen molar-refractivity contribution in [2.24, 2.45) is 5.92 Å². The molecule has 6 nitrogen and oxygen atoms in total. The minimum atomic E-state index is -0.492. The van der Waals surface area contributed by atoms with Gasteiger partial charge in [-0.15, -0.1) is 0 Å². The maximum Gasteiger partial charge on any atom is 0.410 e. The molecule has 2 rings (SSSR count). The van der Waals surface area contributed by atoms with Crippen LogP contribution in [0, 0.1) is 5.92 Å². The average Bonchev–Trinajstić information content (AvgIpc) is 2.55. The Bertz CT molecular complexity index is 371. The number of hydrogen-bond donors (Lipinski definition) is 1. The predicted octanol–water partition coefficient (Wildman–Crippen LogP) is 0.446. The number of aliphatic hydroxyl groups is 1. The van der Waals surface area contributed by atoms with Gasteiger partial charge in [0.15, 0.2) is 0 Å². The standard InChI is InChI=1S/C13H22N2O4/c1-13(2,3)19-12(18)14-6-10(7-14)15-5-9(8-16)4-11(15)17/h9-10,16H,4-8H2,1-3H3. The van der Waals surface area contributed by atoms with Crippen molar-refractivity contribution in [1.82, 2.24) is 9.80 Å². The molecular formula is C13H22N2O4. The van der Waals surface area contributed by atoms with Crippen LogP contribution in [-0.4, -0.2) is 64.8 Å². The Balaban J connectivity index is 1.80. The number of carbonyl (C=O) groups excluding carboxylic acids is 2. The lowest BCUT2D eigenvalue weighted by atomic mass is 10.1. The largest absolute Gasteiger partial charge is 0.444 e. The second-order valence-electron chi connectivity index (χ2n) is 6.34. The highest BCUT2D eigenvalue weighted by atomic mass is 16.6. The third kappa shape index (κ3) is 3.18. The molecule has 2 amide bonds. The van der Waals surface area contributed by atoms with Crippen molar-refractivity contribution in [2.45, 2.75) is 38.8 Å². The van der Waals surface area contributed by atoms with Crippen LogP contribution in [0.3, 0.4) is 0 Å². The number of amides is 2. The van der Waals surface area contributed by atoms with Gasteiger partial charge in [-0.2, -0.15) is 0 Å². The monoisotopic (exact) mass is 270 g/mol. The van der Waals surface area contributed by atoms with E-state index in [1.807, 2.05) is 20.8 Å². The first-order valence-corrected chi connectivity index (χ1v) is 6.68. The van der Waals surface area contributed by atoms with E-state index in [0.717, 1.165) is 0 Å². The van der Waals surface area contributed by atoms with Gasteiger partial charge in [-0.25, -0.2) is 4.79 Å². The molecule has 2 aliphatic heterocycles. The van der Waals surface area contributed by atoms with E-state index in [9.17, 15) is 9.59 Å². The molecule has 0 spiro atoms. The molecular weight excluding hydrogens is 248 g/mol. The van der Waals surface area contributed by atoms with E-state index in [1.165, 1.54) is 0 Å². The number of rotatable bonds is 2. The van der Waals surface area contributed by atoms with Gasteiger partial charge in [0.2, 0.25) is 5.91 Å². The van der Waals surface area contributed by atoms with Crippen LogP contribution in [0.15, 0.2) is 0 Å². The molecule has 6 heteroatoms. The van der Waals surface area contributed by atoms with Crippen molar-refractivity contribution in [3.05, 3.63) is 0 Å². The van der Waals surface area contributed by atoms with Gasteiger partial charge in [0.1, 0.15) is 5.60 Å². The second-order valence-corrected chi connectivity index (χ2v) is 6.34. The zero-order chi connectivity index (χ0) is 14.2. The van der Waals surface area contributed by atoms with E-state index in [-0.39, 0.29) is 30.6 Å². The first-order chi connectivity index (χ1) is 8.80. The molecule has 0 radical (unpaired) electrons. The van der Waals surface area contributed by atoms with E-state index in [2.05, 4.69) is 0 Å². The quantitative estimate of drug-likeness (QED) is 0.791. The summed E-state index contributed by atoms with van der Waals surface area (Å²) in [6, 6.07) is 0.0802. The molecule has 2 saturated heterocycles. The molecule has 0 aliphatic carbocycles. The SMILES string of the molecule is CC(C)(C)OC(=O)N1CC(N2CC(CO)CC2=O)C1. The van der Waals surface area contributed by atoms with Gasteiger partial charge in [-0.3, -0.25) is 4.79 Å². The summed E-state index contributed by atoms with van der Waals surface area (Å²) < 4.78 is 5.27. The summed E-state index contributed by atoms with van der Waals surface area (Å²) in [6.45, 7) is 7.19. The fraction of sp³-hybridized carbons (Fsp3) is 0.846. The van der Waals surface area contributed by atoms with Crippen LogP contribution in [0.25, 0.3) is 0 Å². The Hall–Kier alpha value is -1.30. The predicted molar refractivity (Wildman–Crippen MR) is 68.5 cm³/mol. The molecule has 0 bridgehead atoms. The van der Waals surface area contributed by atoms with Gasteiger partial charge >= 0.3 is 6.09 Å². The van der Waals surface area contributed by atoms with Crippen LogP contribution in [0.5, 0.6) is 0 Å². The summed E-state index contributed by atoms with van der Waals surface area (Å²) in [5.41, 5.74) is -0.492. The number of nitrogens with zero attached hydrogens (tertiary/aromatic N) is 2. The smallest absolute Gasteiger partial charge is 0.410 e. The van der Waals surface area contributed by atoms with Crippen LogP contribution < -0.4 is 0 Å². The van der Waals surface area contributed by atoms with Crippen LogP contribution in [0.2, 0.25) is 0 Å². The van der Waals surface area contributed by atoms with Gasteiger partial charge in [0.25, 0.3) is 0 Å². The molecule has 2 aliphatic rings. The fourth-order valence-electron chi connectivity index (χ4n) is 2.41. The molecule has 0 aromatic heterocycles. The number of likely N-dealkylation sites (tertiary alicyclic amines) is 2. The maximum atomic E-state index is 11.8. The molecule has 1 unspecified atom stereocenters. The fourth-order valence-corrected chi connectivity index (χ4v) is 2.41. The molecule has 108 valence electrons. The minimum absolute atomic E-state index is 0.0445. The van der Waals surface area contributed by atoms with Crippen LogP contribution in [0.4, 0.5) is 4.79 Å². The van der Waals surface area contributed by atoms with Crippen molar-refractivity contribution < 1.29 is 19.4 Å². The van der Waals surface area contributed by atoms with E-state index >= 15 is 0 Å². The molecule has 2 fully saturated rings. The Morgan fingerprint density at radius 1 is 1.37 bits per heavy atom. The highest BCUT2D eigenvalue weighted by Crippen LogP contribution is 2.25. The third-order valence-electron chi connectivity index (χ3n) is 3.45. The molecule has 0 aromatic rings. The van der Waals surface area contributed by atoms with E-state index < -0.39 is 5.60 Å². The maximum absolute atomic E-state index is 11.8. The van der Waals surface area contributed by atoms with Crippen molar-refractivity contribution in [3.63, 3.8) is 0 Å². The zero-order valence-corrected chi connectivity index (χ0v) is 11.8. The van der Waals surface area contributed by atoms with Crippen molar-refractivity contribution >= 4 is 12.0 Å². The molecule has 19 heavy (non-hydrogen) atoms. The summed E-state index contributed by atoms with van der Waals surface area (Å²) in [5, 5.41) is 9.08.